The Morgan fingerprint density at radius 2 is 1.90 bits per heavy atom. The molecule has 1 heterocycles. The Morgan fingerprint density at radius 1 is 1.14 bits per heavy atom. The van der Waals surface area contributed by atoms with Crippen molar-refractivity contribution in [3.63, 3.8) is 0 Å². The molecule has 0 unspecified atom stereocenters. The first-order valence-corrected chi connectivity index (χ1v) is 6.84. The molecule has 5 nitrogen and oxygen atoms in total. The molecular weight excluding hydrogens is 266 g/mol. The van der Waals surface area contributed by atoms with Gasteiger partial charge in [-0.25, -0.2) is 0 Å². The molecule has 1 aromatic heterocycles. The number of nitrogens with zero attached hydrogens (tertiary/aromatic N) is 1. The fraction of sp³-hybridized carbons (Fsp3) is 0.250. The predicted octanol–water partition coefficient (Wildman–Crippen LogP) is 1.62. The summed E-state index contributed by atoms with van der Waals surface area (Å²) in [6.07, 6.45) is 1.41. The Balaban J connectivity index is 1.66. The molecule has 5 heteroatoms. The molecule has 1 aromatic carbocycles. The van der Waals surface area contributed by atoms with E-state index in [0.717, 1.165) is 11.3 Å². The Labute approximate surface area is 124 Å². The van der Waals surface area contributed by atoms with E-state index in [-0.39, 0.29) is 11.7 Å². The quantitative estimate of drug-likeness (QED) is 0.705. The summed E-state index contributed by atoms with van der Waals surface area (Å²) in [5.41, 5.74) is 2.65. The van der Waals surface area contributed by atoms with Crippen molar-refractivity contribution in [3.8, 4) is 5.75 Å². The van der Waals surface area contributed by atoms with Crippen LogP contribution in [0.1, 0.15) is 21.6 Å². The van der Waals surface area contributed by atoms with Gasteiger partial charge in [0.15, 0.2) is 0 Å². The van der Waals surface area contributed by atoms with Gasteiger partial charge in [-0.15, -0.1) is 0 Å². The molecule has 2 aromatic rings. The van der Waals surface area contributed by atoms with Gasteiger partial charge in [-0.1, -0.05) is 17.7 Å². The molecule has 0 aliphatic carbocycles. The average molecular weight is 285 g/mol. The van der Waals surface area contributed by atoms with Gasteiger partial charge in [0.05, 0.1) is 11.9 Å². The largest absolute Gasteiger partial charge is 0.506 e. The summed E-state index contributed by atoms with van der Waals surface area (Å²) < 4.78 is 0. The highest BCUT2D eigenvalue weighted by Crippen LogP contribution is 2.05. The summed E-state index contributed by atoms with van der Waals surface area (Å²) in [4.78, 5) is 15.9. The minimum Gasteiger partial charge on any atom is -0.506 e. The van der Waals surface area contributed by atoms with E-state index in [1.165, 1.54) is 6.20 Å². The van der Waals surface area contributed by atoms with Gasteiger partial charge in [0.25, 0.3) is 5.91 Å². The van der Waals surface area contributed by atoms with Crippen LogP contribution in [0.4, 0.5) is 0 Å². The lowest BCUT2D eigenvalue weighted by Gasteiger charge is -2.07. The molecule has 0 spiro atoms. The Kier molecular flexibility index (Phi) is 5.29. The average Bonchev–Trinajstić information content (AvgIpc) is 2.49. The summed E-state index contributed by atoms with van der Waals surface area (Å²) in [6, 6.07) is 10.8. The Bertz CT molecular complexity index is 579. The second-order valence-corrected chi connectivity index (χ2v) is 4.81. The maximum atomic E-state index is 11.8. The molecule has 0 saturated carbocycles. The summed E-state index contributed by atoms with van der Waals surface area (Å²) in [5, 5.41) is 15.2. The van der Waals surface area contributed by atoms with Crippen molar-refractivity contribution in [2.45, 2.75) is 13.5 Å². The minimum atomic E-state index is -0.0699. The van der Waals surface area contributed by atoms with E-state index in [4.69, 9.17) is 5.11 Å². The van der Waals surface area contributed by atoms with Crippen molar-refractivity contribution in [2.24, 2.45) is 0 Å². The monoisotopic (exact) mass is 285 g/mol. The molecule has 0 bridgehead atoms. The molecule has 3 N–H and O–H groups in total. The van der Waals surface area contributed by atoms with Crippen LogP contribution < -0.4 is 10.6 Å². The molecule has 21 heavy (non-hydrogen) atoms. The second kappa shape index (κ2) is 7.40. The standard InChI is InChI=1S/C16H19N3O2/c1-12-2-4-13(5-3-12)16(21)18-9-8-17-10-14-6-7-15(20)11-19-14/h2-7,11,17,20H,8-10H2,1H3,(H,18,21). The summed E-state index contributed by atoms with van der Waals surface area (Å²) in [6.45, 7) is 3.79. The van der Waals surface area contributed by atoms with Crippen LogP contribution in [0.3, 0.4) is 0 Å². The highest BCUT2D eigenvalue weighted by molar-refractivity contribution is 5.94. The number of hydrogen-bond donors (Lipinski definition) is 3. The number of aryl methyl sites for hydroxylation is 1. The molecule has 0 atom stereocenters. The molecule has 110 valence electrons. The Hall–Kier alpha value is -2.40. The van der Waals surface area contributed by atoms with E-state index >= 15 is 0 Å². The van der Waals surface area contributed by atoms with Crippen LogP contribution in [0, 0.1) is 6.92 Å². The van der Waals surface area contributed by atoms with E-state index in [1.54, 1.807) is 12.1 Å². The molecule has 0 saturated heterocycles. The summed E-state index contributed by atoms with van der Waals surface area (Å²) >= 11 is 0. The fourth-order valence-corrected chi connectivity index (χ4v) is 1.81. The van der Waals surface area contributed by atoms with Gasteiger partial charge in [0.1, 0.15) is 5.75 Å². The zero-order valence-electron chi connectivity index (χ0n) is 12.0. The lowest BCUT2D eigenvalue weighted by molar-refractivity contribution is 0.0954. The number of hydrogen-bond acceptors (Lipinski definition) is 4. The van der Waals surface area contributed by atoms with Crippen molar-refractivity contribution < 1.29 is 9.90 Å². The van der Waals surface area contributed by atoms with Crippen molar-refractivity contribution >= 4 is 5.91 Å². The van der Waals surface area contributed by atoms with Gasteiger partial charge >= 0.3 is 0 Å². The van der Waals surface area contributed by atoms with Gasteiger partial charge in [-0.05, 0) is 31.2 Å². The Morgan fingerprint density at radius 3 is 2.57 bits per heavy atom. The number of benzene rings is 1. The zero-order valence-corrected chi connectivity index (χ0v) is 12.0. The first-order chi connectivity index (χ1) is 10.1. The first kappa shape index (κ1) is 15.0. The van der Waals surface area contributed by atoms with Gasteiger partial charge in [0.2, 0.25) is 0 Å². The topological polar surface area (TPSA) is 74.2 Å². The van der Waals surface area contributed by atoms with Gasteiger partial charge in [-0.3, -0.25) is 9.78 Å². The van der Waals surface area contributed by atoms with Crippen molar-refractivity contribution in [3.05, 3.63) is 59.4 Å². The second-order valence-electron chi connectivity index (χ2n) is 4.81. The third-order valence-electron chi connectivity index (χ3n) is 3.02. The van der Waals surface area contributed by atoms with E-state index in [9.17, 15) is 4.79 Å². The summed E-state index contributed by atoms with van der Waals surface area (Å²) in [7, 11) is 0. The molecule has 1 amide bonds. The van der Waals surface area contributed by atoms with Gasteiger partial charge in [0, 0.05) is 25.2 Å². The van der Waals surface area contributed by atoms with Crippen molar-refractivity contribution in [1.29, 1.82) is 0 Å². The predicted molar refractivity (Wildman–Crippen MR) is 81.1 cm³/mol. The van der Waals surface area contributed by atoms with Crippen LogP contribution in [0.15, 0.2) is 42.6 Å². The van der Waals surface area contributed by atoms with Crippen LogP contribution in [0.5, 0.6) is 5.75 Å². The van der Waals surface area contributed by atoms with E-state index < -0.39 is 0 Å². The third kappa shape index (κ3) is 4.89. The van der Waals surface area contributed by atoms with Crippen LogP contribution in [-0.2, 0) is 6.54 Å². The maximum absolute atomic E-state index is 11.8. The highest BCUT2D eigenvalue weighted by Gasteiger charge is 2.03. The molecule has 0 radical (unpaired) electrons. The SMILES string of the molecule is Cc1ccc(C(=O)NCCNCc2ccc(O)cn2)cc1. The first-order valence-electron chi connectivity index (χ1n) is 6.84. The lowest BCUT2D eigenvalue weighted by atomic mass is 10.1. The third-order valence-corrected chi connectivity index (χ3v) is 3.02. The molecule has 0 aliphatic rings. The fourth-order valence-electron chi connectivity index (χ4n) is 1.81. The smallest absolute Gasteiger partial charge is 0.251 e. The van der Waals surface area contributed by atoms with Crippen LogP contribution in [0.2, 0.25) is 0 Å². The van der Waals surface area contributed by atoms with Crippen LogP contribution in [-0.4, -0.2) is 29.1 Å². The highest BCUT2D eigenvalue weighted by atomic mass is 16.3. The van der Waals surface area contributed by atoms with E-state index in [1.807, 2.05) is 31.2 Å². The zero-order chi connectivity index (χ0) is 15.1. The maximum Gasteiger partial charge on any atom is 0.251 e. The van der Waals surface area contributed by atoms with Crippen molar-refractivity contribution in [1.82, 2.24) is 15.6 Å². The number of aromatic hydroxyl groups is 1. The molecule has 0 fully saturated rings. The van der Waals surface area contributed by atoms with E-state index in [0.29, 0.717) is 25.2 Å². The number of aromatic nitrogens is 1. The minimum absolute atomic E-state index is 0.0699. The summed E-state index contributed by atoms with van der Waals surface area (Å²) in [5.74, 6) is 0.0867. The lowest BCUT2D eigenvalue weighted by Crippen LogP contribution is -2.31. The number of rotatable bonds is 6. The molecule has 2 rings (SSSR count). The number of carbonyl (C=O) groups excluding carboxylic acids is 1. The number of pyridine rings is 1. The van der Waals surface area contributed by atoms with E-state index in [2.05, 4.69) is 15.6 Å². The number of amides is 1. The van der Waals surface area contributed by atoms with Crippen LogP contribution >= 0.6 is 0 Å². The molecule has 0 aliphatic heterocycles. The number of nitrogens with one attached hydrogen (secondary N) is 2. The van der Waals surface area contributed by atoms with Gasteiger partial charge < -0.3 is 15.7 Å². The number of carbonyl (C=O) groups is 1. The molecular formula is C16H19N3O2. The van der Waals surface area contributed by atoms with Crippen LogP contribution in [0.25, 0.3) is 0 Å². The van der Waals surface area contributed by atoms with Crippen molar-refractivity contribution in [2.75, 3.05) is 13.1 Å². The van der Waals surface area contributed by atoms with Gasteiger partial charge in [-0.2, -0.15) is 0 Å². The normalized spacial score (nSPS) is 10.3.